The summed E-state index contributed by atoms with van der Waals surface area (Å²) >= 11 is 0. The smallest absolute Gasteiger partial charge is 0.407 e. The van der Waals surface area contributed by atoms with E-state index in [0.717, 1.165) is 5.56 Å². The highest BCUT2D eigenvalue weighted by Gasteiger charge is 2.19. The van der Waals surface area contributed by atoms with Crippen LogP contribution in [0.4, 0.5) is 4.79 Å². The molecule has 0 radical (unpaired) electrons. The van der Waals surface area contributed by atoms with Crippen molar-refractivity contribution in [3.8, 4) is 0 Å². The molecule has 0 heterocycles. The van der Waals surface area contributed by atoms with E-state index in [-0.39, 0.29) is 6.61 Å². The molecule has 1 aromatic carbocycles. The zero-order valence-corrected chi connectivity index (χ0v) is 10.6. The van der Waals surface area contributed by atoms with Gasteiger partial charge in [0.05, 0.1) is 18.9 Å². The maximum Gasteiger partial charge on any atom is 0.407 e. The van der Waals surface area contributed by atoms with Gasteiger partial charge in [0, 0.05) is 0 Å². The van der Waals surface area contributed by atoms with Crippen LogP contribution in [0.2, 0.25) is 0 Å². The molecule has 0 aliphatic heterocycles. The quantitative estimate of drug-likeness (QED) is 0.692. The van der Waals surface area contributed by atoms with Gasteiger partial charge in [-0.3, -0.25) is 9.59 Å². The van der Waals surface area contributed by atoms with E-state index < -0.39 is 36.9 Å². The number of rotatable bonds is 7. The van der Waals surface area contributed by atoms with Gasteiger partial charge in [0.1, 0.15) is 6.61 Å². The van der Waals surface area contributed by atoms with Crippen molar-refractivity contribution >= 4 is 18.0 Å². The van der Waals surface area contributed by atoms with Crippen LogP contribution in [0.5, 0.6) is 0 Å². The molecule has 1 amide bonds. The van der Waals surface area contributed by atoms with Gasteiger partial charge in [-0.2, -0.15) is 0 Å². The lowest BCUT2D eigenvalue weighted by Gasteiger charge is -2.14. The monoisotopic (exact) mass is 281 g/mol. The van der Waals surface area contributed by atoms with Crippen LogP contribution < -0.4 is 5.32 Å². The number of ether oxygens (including phenoxy) is 1. The van der Waals surface area contributed by atoms with Crippen LogP contribution in [0.3, 0.4) is 0 Å². The number of aliphatic carboxylic acids is 2. The molecule has 0 spiro atoms. The van der Waals surface area contributed by atoms with E-state index in [4.69, 9.17) is 14.9 Å². The highest BCUT2D eigenvalue weighted by molar-refractivity contribution is 5.74. The van der Waals surface area contributed by atoms with Gasteiger partial charge in [0.25, 0.3) is 0 Å². The SMILES string of the molecule is O=C(O)CC(CC(=O)O)NC(=O)OCc1ccccc1. The van der Waals surface area contributed by atoms with Gasteiger partial charge >= 0.3 is 18.0 Å². The number of alkyl carbamates (subject to hydrolysis) is 1. The molecule has 3 N–H and O–H groups in total. The van der Waals surface area contributed by atoms with Crippen LogP contribution >= 0.6 is 0 Å². The Balaban J connectivity index is 2.44. The topological polar surface area (TPSA) is 113 Å². The van der Waals surface area contributed by atoms with E-state index in [1.54, 1.807) is 24.3 Å². The molecule has 0 fully saturated rings. The van der Waals surface area contributed by atoms with Crippen molar-refractivity contribution in [1.29, 1.82) is 0 Å². The van der Waals surface area contributed by atoms with Gasteiger partial charge in [-0.05, 0) is 5.56 Å². The molecular weight excluding hydrogens is 266 g/mol. The highest BCUT2D eigenvalue weighted by atomic mass is 16.5. The number of carboxylic acids is 2. The molecule has 20 heavy (non-hydrogen) atoms. The minimum absolute atomic E-state index is 0.0273. The second-order valence-electron chi connectivity index (χ2n) is 4.10. The fraction of sp³-hybridized carbons (Fsp3) is 0.308. The molecule has 0 saturated carbocycles. The minimum Gasteiger partial charge on any atom is -0.481 e. The van der Waals surface area contributed by atoms with Crippen LogP contribution in [-0.4, -0.2) is 34.3 Å². The predicted molar refractivity (Wildman–Crippen MR) is 68.1 cm³/mol. The van der Waals surface area contributed by atoms with E-state index in [1.807, 2.05) is 6.07 Å². The summed E-state index contributed by atoms with van der Waals surface area (Å²) in [5.74, 6) is -2.39. The average Bonchev–Trinajstić information content (AvgIpc) is 2.36. The van der Waals surface area contributed by atoms with Crippen LogP contribution in [0.15, 0.2) is 30.3 Å². The third kappa shape index (κ3) is 6.39. The summed E-state index contributed by atoms with van der Waals surface area (Å²) < 4.78 is 4.89. The van der Waals surface area contributed by atoms with E-state index in [1.165, 1.54) is 0 Å². The maximum atomic E-state index is 11.5. The largest absolute Gasteiger partial charge is 0.481 e. The van der Waals surface area contributed by atoms with Crippen LogP contribution in [0, 0.1) is 0 Å². The summed E-state index contributed by atoms with van der Waals surface area (Å²) in [7, 11) is 0. The number of amides is 1. The number of benzene rings is 1. The lowest BCUT2D eigenvalue weighted by atomic mass is 10.1. The highest BCUT2D eigenvalue weighted by Crippen LogP contribution is 2.03. The zero-order valence-electron chi connectivity index (χ0n) is 10.6. The Bertz CT molecular complexity index is 457. The van der Waals surface area contributed by atoms with Crippen LogP contribution in [-0.2, 0) is 20.9 Å². The summed E-state index contributed by atoms with van der Waals surface area (Å²) in [5.41, 5.74) is 0.774. The van der Waals surface area contributed by atoms with Crippen molar-refractivity contribution in [3.05, 3.63) is 35.9 Å². The Hall–Kier alpha value is -2.57. The Morgan fingerprint density at radius 3 is 2.10 bits per heavy atom. The lowest BCUT2D eigenvalue weighted by molar-refractivity contribution is -0.139. The first-order valence-electron chi connectivity index (χ1n) is 5.88. The van der Waals surface area contributed by atoms with Gasteiger partial charge in [-0.1, -0.05) is 30.3 Å². The number of carbonyl (C=O) groups excluding carboxylic acids is 1. The summed E-state index contributed by atoms with van der Waals surface area (Å²) in [5, 5.41) is 19.5. The van der Waals surface area contributed by atoms with Crippen molar-refractivity contribution in [2.45, 2.75) is 25.5 Å². The molecule has 0 bridgehead atoms. The molecule has 0 aliphatic carbocycles. The number of hydrogen-bond donors (Lipinski definition) is 3. The van der Waals surface area contributed by atoms with Gasteiger partial charge in [0.2, 0.25) is 0 Å². The van der Waals surface area contributed by atoms with Crippen LogP contribution in [0.1, 0.15) is 18.4 Å². The van der Waals surface area contributed by atoms with Crippen molar-refractivity contribution in [2.24, 2.45) is 0 Å². The Labute approximate surface area is 115 Å². The average molecular weight is 281 g/mol. The third-order valence-electron chi connectivity index (χ3n) is 2.38. The summed E-state index contributed by atoms with van der Waals surface area (Å²) in [6.45, 7) is 0.0273. The molecule has 0 atom stereocenters. The fourth-order valence-corrected chi connectivity index (χ4v) is 1.53. The summed E-state index contributed by atoms with van der Waals surface area (Å²) in [6.07, 6.45) is -1.80. The van der Waals surface area contributed by atoms with Gasteiger partial charge in [-0.25, -0.2) is 4.79 Å². The number of hydrogen-bond acceptors (Lipinski definition) is 4. The first-order valence-corrected chi connectivity index (χ1v) is 5.88. The maximum absolute atomic E-state index is 11.5. The second kappa shape index (κ2) is 7.78. The predicted octanol–water partition coefficient (Wildman–Crippen LogP) is 1.23. The van der Waals surface area contributed by atoms with Gasteiger partial charge < -0.3 is 20.3 Å². The van der Waals surface area contributed by atoms with Crippen molar-refractivity contribution < 1.29 is 29.3 Å². The molecule has 108 valence electrons. The molecule has 0 unspecified atom stereocenters. The second-order valence-corrected chi connectivity index (χ2v) is 4.10. The molecule has 1 aromatic rings. The van der Waals surface area contributed by atoms with Gasteiger partial charge in [-0.15, -0.1) is 0 Å². The number of carboxylic acid groups (broad SMARTS) is 2. The van der Waals surface area contributed by atoms with E-state index >= 15 is 0 Å². The van der Waals surface area contributed by atoms with Crippen molar-refractivity contribution in [2.75, 3.05) is 0 Å². The number of carbonyl (C=O) groups is 3. The first kappa shape index (κ1) is 15.5. The number of nitrogens with one attached hydrogen (secondary N) is 1. The van der Waals surface area contributed by atoms with Crippen molar-refractivity contribution in [1.82, 2.24) is 5.32 Å². The zero-order chi connectivity index (χ0) is 15.0. The first-order chi connectivity index (χ1) is 9.47. The molecule has 0 aromatic heterocycles. The molecule has 0 saturated heterocycles. The van der Waals surface area contributed by atoms with E-state index in [9.17, 15) is 14.4 Å². The fourth-order valence-electron chi connectivity index (χ4n) is 1.53. The lowest BCUT2D eigenvalue weighted by Crippen LogP contribution is -2.38. The van der Waals surface area contributed by atoms with Gasteiger partial charge in [0.15, 0.2) is 0 Å². The molecule has 1 rings (SSSR count). The molecule has 7 nitrogen and oxygen atoms in total. The van der Waals surface area contributed by atoms with Crippen LogP contribution in [0.25, 0.3) is 0 Å². The standard InChI is InChI=1S/C13H15NO6/c15-11(16)6-10(7-12(17)18)14-13(19)20-8-9-4-2-1-3-5-9/h1-5,10H,6-8H2,(H,14,19)(H,15,16)(H,17,18). The normalized spacial score (nSPS) is 10.1. The Morgan fingerprint density at radius 2 is 1.60 bits per heavy atom. The summed E-state index contributed by atoms with van der Waals surface area (Å²) in [4.78, 5) is 32.6. The Kier molecular flexibility index (Phi) is 6.02. The molecular formula is C13H15NO6. The van der Waals surface area contributed by atoms with E-state index in [0.29, 0.717) is 0 Å². The van der Waals surface area contributed by atoms with Crippen molar-refractivity contribution in [3.63, 3.8) is 0 Å². The van der Waals surface area contributed by atoms with E-state index in [2.05, 4.69) is 5.32 Å². The molecule has 0 aliphatic rings. The summed E-state index contributed by atoms with van der Waals surface area (Å²) in [6, 6.07) is 7.91. The Morgan fingerprint density at radius 1 is 1.05 bits per heavy atom. The minimum atomic E-state index is -1.19. The molecule has 7 heteroatoms. The third-order valence-corrected chi connectivity index (χ3v) is 2.38.